The molecule has 106 valence electrons. The highest BCUT2D eigenvalue weighted by molar-refractivity contribution is 9.10. The Morgan fingerprint density at radius 2 is 2.30 bits per heavy atom. The third-order valence-corrected chi connectivity index (χ3v) is 3.56. The van der Waals surface area contributed by atoms with E-state index in [1.807, 2.05) is 43.3 Å². The van der Waals surface area contributed by atoms with E-state index >= 15 is 0 Å². The Hall–Kier alpha value is -1.73. The summed E-state index contributed by atoms with van der Waals surface area (Å²) in [6.45, 7) is 0.483. The molecule has 0 saturated heterocycles. The molecule has 0 fully saturated rings. The number of nitrogens with two attached hydrogens (primary N) is 1. The number of benzene rings is 1. The second kappa shape index (κ2) is 6.15. The van der Waals surface area contributed by atoms with Crippen molar-refractivity contribution in [1.82, 2.24) is 19.7 Å². The van der Waals surface area contributed by atoms with Crippen molar-refractivity contribution in [3.63, 3.8) is 0 Å². The zero-order valence-electron chi connectivity index (χ0n) is 11.3. The normalized spacial score (nSPS) is 12.6. The highest BCUT2D eigenvalue weighted by Crippen LogP contribution is 2.23. The maximum absolute atomic E-state index is 11.8. The quantitative estimate of drug-likeness (QED) is 0.890. The molecule has 1 amide bonds. The standard InChI is InChI=1S/C13H16BrN5O/c1-18(7-11-16-8-17-19(11)2)12(13(15)20)9-4-3-5-10(14)6-9/h3-6,8,12H,7H2,1-2H3,(H2,15,20). The maximum Gasteiger partial charge on any atom is 0.239 e. The highest BCUT2D eigenvalue weighted by atomic mass is 79.9. The number of likely N-dealkylation sites (N-methyl/N-ethyl adjacent to an activating group) is 1. The zero-order valence-corrected chi connectivity index (χ0v) is 12.9. The number of aromatic nitrogens is 3. The summed E-state index contributed by atoms with van der Waals surface area (Å²) < 4.78 is 2.59. The molecule has 20 heavy (non-hydrogen) atoms. The molecule has 0 aliphatic heterocycles. The monoisotopic (exact) mass is 337 g/mol. The number of primary amides is 1. The highest BCUT2D eigenvalue weighted by Gasteiger charge is 2.24. The largest absolute Gasteiger partial charge is 0.368 e. The van der Waals surface area contributed by atoms with E-state index in [1.54, 1.807) is 4.68 Å². The van der Waals surface area contributed by atoms with Crippen LogP contribution >= 0.6 is 15.9 Å². The minimum absolute atomic E-state index is 0.396. The summed E-state index contributed by atoms with van der Waals surface area (Å²) >= 11 is 3.40. The van der Waals surface area contributed by atoms with E-state index in [-0.39, 0.29) is 0 Å². The molecule has 1 heterocycles. The minimum atomic E-state index is -0.510. The number of rotatable bonds is 5. The van der Waals surface area contributed by atoms with Crippen LogP contribution in [0.1, 0.15) is 17.4 Å². The predicted octanol–water partition coefficient (Wildman–Crippen LogP) is 1.24. The molecule has 1 aromatic carbocycles. The lowest BCUT2D eigenvalue weighted by atomic mass is 10.1. The fourth-order valence-electron chi connectivity index (χ4n) is 2.09. The third kappa shape index (κ3) is 3.23. The second-order valence-electron chi connectivity index (χ2n) is 4.57. The number of nitrogens with zero attached hydrogens (tertiary/aromatic N) is 4. The summed E-state index contributed by atoms with van der Waals surface area (Å²) in [6.07, 6.45) is 1.49. The van der Waals surface area contributed by atoms with Gasteiger partial charge in [0, 0.05) is 11.5 Å². The number of amides is 1. The molecule has 2 rings (SSSR count). The third-order valence-electron chi connectivity index (χ3n) is 3.07. The van der Waals surface area contributed by atoms with Crippen LogP contribution in [0.3, 0.4) is 0 Å². The molecule has 0 aliphatic carbocycles. The second-order valence-corrected chi connectivity index (χ2v) is 5.49. The number of aryl methyl sites for hydroxylation is 1. The van der Waals surface area contributed by atoms with Gasteiger partial charge in [-0.3, -0.25) is 14.4 Å². The van der Waals surface area contributed by atoms with E-state index in [0.29, 0.717) is 6.54 Å². The molecule has 7 heteroatoms. The Labute approximate surface area is 125 Å². The molecule has 2 aromatic rings. The van der Waals surface area contributed by atoms with Gasteiger partial charge in [-0.15, -0.1) is 0 Å². The molecule has 6 nitrogen and oxygen atoms in total. The molecule has 0 saturated carbocycles. The molecule has 0 aliphatic rings. The average molecular weight is 338 g/mol. The van der Waals surface area contributed by atoms with Gasteiger partial charge in [-0.2, -0.15) is 5.10 Å². The van der Waals surface area contributed by atoms with Crippen molar-refractivity contribution in [1.29, 1.82) is 0 Å². The first-order valence-corrected chi connectivity index (χ1v) is 6.86. The Balaban J connectivity index is 2.25. The number of hydrogen-bond acceptors (Lipinski definition) is 4. The first-order chi connectivity index (χ1) is 9.49. The molecule has 1 unspecified atom stereocenters. The Morgan fingerprint density at radius 1 is 1.55 bits per heavy atom. The van der Waals surface area contributed by atoms with Gasteiger partial charge < -0.3 is 5.73 Å². The van der Waals surface area contributed by atoms with E-state index in [4.69, 9.17) is 5.73 Å². The van der Waals surface area contributed by atoms with Crippen LogP contribution in [-0.4, -0.2) is 32.6 Å². The van der Waals surface area contributed by atoms with Crippen LogP contribution in [0.2, 0.25) is 0 Å². The Kier molecular flexibility index (Phi) is 4.51. The van der Waals surface area contributed by atoms with E-state index in [1.165, 1.54) is 6.33 Å². The van der Waals surface area contributed by atoms with Crippen molar-refractivity contribution < 1.29 is 4.79 Å². The van der Waals surface area contributed by atoms with Crippen LogP contribution in [0.25, 0.3) is 0 Å². The number of carbonyl (C=O) groups excluding carboxylic acids is 1. The predicted molar refractivity (Wildman–Crippen MR) is 78.5 cm³/mol. The van der Waals surface area contributed by atoms with Crippen molar-refractivity contribution in [2.75, 3.05) is 7.05 Å². The van der Waals surface area contributed by atoms with E-state index < -0.39 is 11.9 Å². The molecule has 0 spiro atoms. The lowest BCUT2D eigenvalue weighted by Crippen LogP contribution is -2.35. The molecule has 2 N–H and O–H groups in total. The van der Waals surface area contributed by atoms with Gasteiger partial charge >= 0.3 is 0 Å². The lowest BCUT2D eigenvalue weighted by molar-refractivity contribution is -0.123. The van der Waals surface area contributed by atoms with Gasteiger partial charge in [-0.05, 0) is 24.7 Å². The fraction of sp³-hybridized carbons (Fsp3) is 0.308. The lowest BCUT2D eigenvalue weighted by Gasteiger charge is -2.25. The van der Waals surface area contributed by atoms with Crippen molar-refractivity contribution >= 4 is 21.8 Å². The topological polar surface area (TPSA) is 77.0 Å². The smallest absolute Gasteiger partial charge is 0.239 e. The van der Waals surface area contributed by atoms with Crippen LogP contribution in [0.4, 0.5) is 0 Å². The molecule has 1 atom stereocenters. The van der Waals surface area contributed by atoms with Crippen molar-refractivity contribution in [2.45, 2.75) is 12.6 Å². The zero-order chi connectivity index (χ0) is 14.7. The van der Waals surface area contributed by atoms with Gasteiger partial charge in [0.15, 0.2) is 0 Å². The SMILES string of the molecule is CN(Cc1ncnn1C)C(C(N)=O)c1cccc(Br)c1. The maximum atomic E-state index is 11.8. The van der Waals surface area contributed by atoms with Crippen LogP contribution in [0.5, 0.6) is 0 Å². The van der Waals surface area contributed by atoms with Crippen molar-refractivity contribution in [3.05, 3.63) is 46.5 Å². The van der Waals surface area contributed by atoms with Gasteiger partial charge in [0.25, 0.3) is 0 Å². The summed E-state index contributed by atoms with van der Waals surface area (Å²) in [5.41, 5.74) is 6.39. The summed E-state index contributed by atoms with van der Waals surface area (Å²) in [6, 6.07) is 7.05. The van der Waals surface area contributed by atoms with Crippen LogP contribution in [-0.2, 0) is 18.4 Å². The number of hydrogen-bond donors (Lipinski definition) is 1. The van der Waals surface area contributed by atoms with Gasteiger partial charge in [0.05, 0.1) is 6.54 Å². The van der Waals surface area contributed by atoms with Crippen LogP contribution in [0, 0.1) is 0 Å². The summed E-state index contributed by atoms with van der Waals surface area (Å²) in [5, 5.41) is 4.02. The summed E-state index contributed by atoms with van der Waals surface area (Å²) in [7, 11) is 3.65. The molecular formula is C13H16BrN5O. The molecule has 1 aromatic heterocycles. The molecular weight excluding hydrogens is 322 g/mol. The van der Waals surface area contributed by atoms with E-state index in [0.717, 1.165) is 15.9 Å². The molecule has 0 radical (unpaired) electrons. The number of halogens is 1. The summed E-state index contributed by atoms with van der Waals surface area (Å²) in [5.74, 6) is 0.376. The van der Waals surface area contributed by atoms with E-state index in [2.05, 4.69) is 26.0 Å². The van der Waals surface area contributed by atoms with Gasteiger partial charge in [0.1, 0.15) is 18.2 Å². The summed E-state index contributed by atoms with van der Waals surface area (Å²) in [4.78, 5) is 17.8. The Morgan fingerprint density at radius 3 is 2.85 bits per heavy atom. The van der Waals surface area contributed by atoms with Gasteiger partial charge in [-0.25, -0.2) is 4.98 Å². The Bertz CT molecular complexity index is 612. The minimum Gasteiger partial charge on any atom is -0.368 e. The van der Waals surface area contributed by atoms with Crippen LogP contribution < -0.4 is 5.73 Å². The van der Waals surface area contributed by atoms with Crippen molar-refractivity contribution in [3.8, 4) is 0 Å². The first kappa shape index (κ1) is 14.7. The van der Waals surface area contributed by atoms with E-state index in [9.17, 15) is 4.79 Å². The van der Waals surface area contributed by atoms with Crippen LogP contribution in [0.15, 0.2) is 35.1 Å². The molecule has 0 bridgehead atoms. The first-order valence-electron chi connectivity index (χ1n) is 6.07. The number of carbonyl (C=O) groups is 1. The van der Waals surface area contributed by atoms with Crippen molar-refractivity contribution in [2.24, 2.45) is 12.8 Å². The van der Waals surface area contributed by atoms with Gasteiger partial charge in [0.2, 0.25) is 5.91 Å². The fourth-order valence-corrected chi connectivity index (χ4v) is 2.51. The van der Waals surface area contributed by atoms with Gasteiger partial charge in [-0.1, -0.05) is 28.1 Å². The average Bonchev–Trinajstić information content (AvgIpc) is 2.74.